The molecule has 0 aliphatic carbocycles. The summed E-state index contributed by atoms with van der Waals surface area (Å²) in [5.41, 5.74) is 1.66. The second-order valence-electron chi connectivity index (χ2n) is 5.23. The smallest absolute Gasteiger partial charge is 0.236 e. The van der Waals surface area contributed by atoms with Gasteiger partial charge in [-0.1, -0.05) is 35.9 Å². The molecule has 3 rings (SSSR count). The lowest BCUT2D eigenvalue weighted by Gasteiger charge is -2.12. The summed E-state index contributed by atoms with van der Waals surface area (Å²) in [6.45, 7) is 0.243. The fourth-order valence-corrected chi connectivity index (χ4v) is 4.18. The Hall–Kier alpha value is -1.73. The molecule has 3 aromatic rings. The molecule has 24 heavy (non-hydrogen) atoms. The second-order valence-corrected chi connectivity index (χ2v) is 8.71. The average Bonchev–Trinajstić information content (AvgIpc) is 2.96. The predicted octanol–water partition coefficient (Wildman–Crippen LogP) is 4.38. The zero-order chi connectivity index (χ0) is 17.2. The summed E-state index contributed by atoms with van der Waals surface area (Å²) in [4.78, 5) is 4.47. The highest BCUT2D eigenvalue weighted by atomic mass is 35.5. The van der Waals surface area contributed by atoms with Crippen LogP contribution in [-0.2, 0) is 16.6 Å². The SMILES string of the molecule is CN(Cc1nc2ccccc2s1)S(=O)(=O)/C=C/c1ccc(Cl)cc1. The molecule has 1 heterocycles. The first kappa shape index (κ1) is 17.1. The Balaban J connectivity index is 1.74. The molecule has 0 saturated heterocycles. The normalized spacial score (nSPS) is 12.5. The second kappa shape index (κ2) is 7.03. The van der Waals surface area contributed by atoms with Gasteiger partial charge >= 0.3 is 0 Å². The van der Waals surface area contributed by atoms with Crippen LogP contribution in [0.3, 0.4) is 0 Å². The van der Waals surface area contributed by atoms with Gasteiger partial charge in [-0.25, -0.2) is 13.4 Å². The lowest BCUT2D eigenvalue weighted by molar-refractivity contribution is 0.475. The van der Waals surface area contributed by atoms with Crippen molar-refractivity contribution in [2.24, 2.45) is 0 Å². The topological polar surface area (TPSA) is 50.3 Å². The summed E-state index contributed by atoms with van der Waals surface area (Å²) in [7, 11) is -1.97. The Morgan fingerprint density at radius 3 is 2.58 bits per heavy atom. The number of fused-ring (bicyclic) bond motifs is 1. The predicted molar refractivity (Wildman–Crippen MR) is 100 cm³/mol. The number of para-hydroxylation sites is 1. The lowest BCUT2D eigenvalue weighted by Crippen LogP contribution is -2.24. The minimum Gasteiger partial charge on any atom is -0.240 e. The van der Waals surface area contributed by atoms with Crippen molar-refractivity contribution in [2.75, 3.05) is 7.05 Å². The Morgan fingerprint density at radius 2 is 1.88 bits per heavy atom. The van der Waals surface area contributed by atoms with Crippen LogP contribution >= 0.6 is 22.9 Å². The van der Waals surface area contributed by atoms with Crippen molar-refractivity contribution in [3.8, 4) is 0 Å². The lowest BCUT2D eigenvalue weighted by atomic mass is 10.2. The van der Waals surface area contributed by atoms with Crippen LogP contribution in [-0.4, -0.2) is 24.8 Å². The van der Waals surface area contributed by atoms with Crippen molar-refractivity contribution < 1.29 is 8.42 Å². The molecule has 0 N–H and O–H groups in total. The Bertz CT molecular complexity index is 946. The van der Waals surface area contributed by atoms with E-state index in [-0.39, 0.29) is 6.54 Å². The summed E-state index contributed by atoms with van der Waals surface area (Å²) in [6.07, 6.45) is 1.56. The first-order valence-electron chi connectivity index (χ1n) is 7.18. The number of benzene rings is 2. The molecule has 7 heteroatoms. The summed E-state index contributed by atoms with van der Waals surface area (Å²) in [5, 5.41) is 2.58. The van der Waals surface area contributed by atoms with Gasteiger partial charge in [0.05, 0.1) is 16.8 Å². The number of hydrogen-bond donors (Lipinski definition) is 0. The molecule has 124 valence electrons. The average molecular weight is 379 g/mol. The number of halogens is 1. The first-order chi connectivity index (χ1) is 11.4. The maximum absolute atomic E-state index is 12.4. The van der Waals surface area contributed by atoms with E-state index < -0.39 is 10.0 Å². The van der Waals surface area contributed by atoms with E-state index in [2.05, 4.69) is 4.98 Å². The van der Waals surface area contributed by atoms with E-state index in [0.717, 1.165) is 20.8 Å². The number of nitrogens with zero attached hydrogens (tertiary/aromatic N) is 2. The molecule has 0 atom stereocenters. The summed E-state index contributed by atoms with van der Waals surface area (Å²) in [6, 6.07) is 14.7. The van der Waals surface area contributed by atoms with Crippen molar-refractivity contribution >= 4 is 49.3 Å². The van der Waals surface area contributed by atoms with E-state index in [0.29, 0.717) is 5.02 Å². The van der Waals surface area contributed by atoms with Crippen LogP contribution in [0.4, 0.5) is 0 Å². The molecule has 0 amide bonds. The third kappa shape index (κ3) is 4.02. The Morgan fingerprint density at radius 1 is 1.17 bits per heavy atom. The highest BCUT2D eigenvalue weighted by molar-refractivity contribution is 7.92. The van der Waals surface area contributed by atoms with Gasteiger partial charge in [0.15, 0.2) is 0 Å². The van der Waals surface area contributed by atoms with Gasteiger partial charge in [0.25, 0.3) is 0 Å². The van der Waals surface area contributed by atoms with Crippen LogP contribution in [0.1, 0.15) is 10.6 Å². The van der Waals surface area contributed by atoms with Gasteiger partial charge in [-0.2, -0.15) is 4.31 Å². The molecule has 0 spiro atoms. The molecule has 4 nitrogen and oxygen atoms in total. The molecule has 0 fully saturated rings. The first-order valence-corrected chi connectivity index (χ1v) is 9.88. The molecule has 0 aliphatic heterocycles. The highest BCUT2D eigenvalue weighted by Gasteiger charge is 2.16. The standard InChI is InChI=1S/C17H15ClN2O2S2/c1-20(12-17-19-15-4-2-3-5-16(15)23-17)24(21,22)11-10-13-6-8-14(18)9-7-13/h2-11H,12H2,1H3/b11-10+. The largest absolute Gasteiger partial charge is 0.240 e. The van der Waals surface area contributed by atoms with Crippen molar-refractivity contribution in [3.05, 3.63) is 69.5 Å². The van der Waals surface area contributed by atoms with E-state index in [4.69, 9.17) is 11.6 Å². The summed E-state index contributed by atoms with van der Waals surface area (Å²) < 4.78 is 27.1. The van der Waals surface area contributed by atoms with Crippen LogP contribution in [0.5, 0.6) is 0 Å². The molecule has 1 aromatic heterocycles. The number of aromatic nitrogens is 1. The minimum atomic E-state index is -3.52. The summed E-state index contributed by atoms with van der Waals surface area (Å²) in [5.74, 6) is 0. The third-order valence-electron chi connectivity index (χ3n) is 3.43. The Kier molecular flexibility index (Phi) is 5.01. The van der Waals surface area contributed by atoms with Gasteiger partial charge in [0, 0.05) is 17.5 Å². The van der Waals surface area contributed by atoms with E-state index >= 15 is 0 Å². The summed E-state index contributed by atoms with van der Waals surface area (Å²) >= 11 is 7.32. The van der Waals surface area contributed by atoms with Gasteiger partial charge in [-0.3, -0.25) is 0 Å². The van der Waals surface area contributed by atoms with Crippen LogP contribution in [0, 0.1) is 0 Å². The van der Waals surface area contributed by atoms with E-state index in [1.165, 1.54) is 21.1 Å². The molecular formula is C17H15ClN2O2S2. The van der Waals surface area contributed by atoms with Gasteiger partial charge in [-0.15, -0.1) is 11.3 Å². The Labute approximate surface area is 150 Å². The van der Waals surface area contributed by atoms with E-state index in [1.54, 1.807) is 37.4 Å². The fraction of sp³-hybridized carbons (Fsp3) is 0.118. The third-order valence-corrected chi connectivity index (χ3v) is 6.18. The highest BCUT2D eigenvalue weighted by Crippen LogP contribution is 2.23. The molecule has 0 aliphatic rings. The number of hydrogen-bond acceptors (Lipinski definition) is 4. The zero-order valence-electron chi connectivity index (χ0n) is 12.9. The maximum atomic E-state index is 12.4. The molecular weight excluding hydrogens is 364 g/mol. The molecule has 0 saturated carbocycles. The van der Waals surface area contributed by atoms with Crippen molar-refractivity contribution in [3.63, 3.8) is 0 Å². The number of rotatable bonds is 5. The number of thiazole rings is 1. The van der Waals surface area contributed by atoms with Crippen LogP contribution in [0.2, 0.25) is 5.02 Å². The van der Waals surface area contributed by atoms with Crippen LogP contribution in [0.15, 0.2) is 53.9 Å². The molecule has 2 aromatic carbocycles. The van der Waals surface area contributed by atoms with Gasteiger partial charge < -0.3 is 0 Å². The molecule has 0 radical (unpaired) electrons. The van der Waals surface area contributed by atoms with Crippen LogP contribution < -0.4 is 0 Å². The van der Waals surface area contributed by atoms with Crippen molar-refractivity contribution in [1.82, 2.24) is 9.29 Å². The van der Waals surface area contributed by atoms with Gasteiger partial charge in [-0.05, 0) is 35.9 Å². The van der Waals surface area contributed by atoms with Crippen molar-refractivity contribution in [2.45, 2.75) is 6.54 Å². The fourth-order valence-electron chi connectivity index (χ4n) is 2.11. The maximum Gasteiger partial charge on any atom is 0.236 e. The molecule has 0 bridgehead atoms. The van der Waals surface area contributed by atoms with Crippen LogP contribution in [0.25, 0.3) is 16.3 Å². The van der Waals surface area contributed by atoms with Crippen molar-refractivity contribution in [1.29, 1.82) is 0 Å². The number of sulfonamides is 1. The van der Waals surface area contributed by atoms with E-state index in [9.17, 15) is 8.42 Å². The monoisotopic (exact) mass is 378 g/mol. The van der Waals surface area contributed by atoms with Gasteiger partial charge in [0.1, 0.15) is 5.01 Å². The molecule has 0 unspecified atom stereocenters. The minimum absolute atomic E-state index is 0.243. The van der Waals surface area contributed by atoms with Gasteiger partial charge in [0.2, 0.25) is 10.0 Å². The zero-order valence-corrected chi connectivity index (χ0v) is 15.3. The van der Waals surface area contributed by atoms with E-state index in [1.807, 2.05) is 24.3 Å². The quantitative estimate of drug-likeness (QED) is 0.661.